The molecule has 2 rings (SSSR count). The van der Waals surface area contributed by atoms with Gasteiger partial charge in [0.25, 0.3) is 0 Å². The highest BCUT2D eigenvalue weighted by Gasteiger charge is 2.09. The molecule has 0 aliphatic heterocycles. The summed E-state index contributed by atoms with van der Waals surface area (Å²) in [5.74, 6) is 1.54. The average Bonchev–Trinajstić information content (AvgIpc) is 2.59. The molecule has 2 aromatic carbocycles. The molecule has 1 atom stereocenters. The van der Waals surface area contributed by atoms with E-state index in [-0.39, 0.29) is 6.61 Å². The summed E-state index contributed by atoms with van der Waals surface area (Å²) in [4.78, 5) is 0. The zero-order valence-corrected chi connectivity index (χ0v) is 14.3. The van der Waals surface area contributed by atoms with Crippen LogP contribution in [-0.4, -0.2) is 31.5 Å². The first-order valence-electron chi connectivity index (χ1n) is 8.02. The minimum atomic E-state index is -0.632. The molecule has 2 N–H and O–H groups in total. The number of aliphatic hydroxyl groups is 1. The second-order valence-electron chi connectivity index (χ2n) is 5.65. The predicted molar refractivity (Wildman–Crippen MR) is 98.1 cm³/mol. The summed E-state index contributed by atoms with van der Waals surface area (Å²) in [6.07, 6.45) is 1.95. The Morgan fingerprint density at radius 1 is 1.21 bits per heavy atom. The van der Waals surface area contributed by atoms with Gasteiger partial charge in [0, 0.05) is 6.54 Å². The number of anilines is 1. The average molecular weight is 327 g/mol. The van der Waals surface area contributed by atoms with E-state index in [4.69, 9.17) is 9.47 Å². The van der Waals surface area contributed by atoms with Crippen molar-refractivity contribution in [2.45, 2.75) is 19.4 Å². The van der Waals surface area contributed by atoms with Crippen LogP contribution >= 0.6 is 0 Å². The van der Waals surface area contributed by atoms with Crippen molar-refractivity contribution in [3.8, 4) is 11.5 Å². The Balaban J connectivity index is 1.89. The van der Waals surface area contributed by atoms with E-state index in [1.54, 1.807) is 7.11 Å². The van der Waals surface area contributed by atoms with Gasteiger partial charge in [0.1, 0.15) is 24.2 Å². The van der Waals surface area contributed by atoms with Gasteiger partial charge in [-0.05, 0) is 42.7 Å². The van der Waals surface area contributed by atoms with Gasteiger partial charge in [-0.1, -0.05) is 30.3 Å². The summed E-state index contributed by atoms with van der Waals surface area (Å²) < 4.78 is 11.1. The van der Waals surface area contributed by atoms with Gasteiger partial charge in [-0.15, -0.1) is 6.58 Å². The molecule has 0 aliphatic carbocycles. The molecule has 0 bridgehead atoms. The van der Waals surface area contributed by atoms with E-state index < -0.39 is 6.10 Å². The summed E-state index contributed by atoms with van der Waals surface area (Å²) in [6.45, 7) is 6.36. The van der Waals surface area contributed by atoms with Gasteiger partial charge < -0.3 is 19.9 Å². The molecular formula is C20H25NO3. The van der Waals surface area contributed by atoms with E-state index in [1.807, 2.05) is 55.5 Å². The number of benzene rings is 2. The maximum atomic E-state index is 10.2. The third-order valence-corrected chi connectivity index (χ3v) is 3.65. The minimum Gasteiger partial charge on any atom is -0.495 e. The first-order valence-corrected chi connectivity index (χ1v) is 8.02. The Labute approximate surface area is 143 Å². The molecule has 0 saturated heterocycles. The number of aryl methyl sites for hydroxylation is 1. The molecular weight excluding hydrogens is 302 g/mol. The van der Waals surface area contributed by atoms with Crippen LogP contribution < -0.4 is 14.8 Å². The van der Waals surface area contributed by atoms with Crippen molar-refractivity contribution in [2.24, 2.45) is 0 Å². The molecule has 1 unspecified atom stereocenters. The highest BCUT2D eigenvalue weighted by atomic mass is 16.5. The van der Waals surface area contributed by atoms with Crippen molar-refractivity contribution in [3.63, 3.8) is 0 Å². The van der Waals surface area contributed by atoms with E-state index in [9.17, 15) is 5.11 Å². The maximum Gasteiger partial charge on any atom is 0.141 e. The molecule has 0 heterocycles. The number of hydrogen-bond acceptors (Lipinski definition) is 4. The van der Waals surface area contributed by atoms with E-state index in [1.165, 1.54) is 0 Å². The first kappa shape index (κ1) is 17.9. The van der Waals surface area contributed by atoms with Crippen LogP contribution in [0, 0.1) is 6.92 Å². The van der Waals surface area contributed by atoms with Crippen molar-refractivity contribution < 1.29 is 14.6 Å². The normalized spacial score (nSPS) is 11.6. The highest BCUT2D eigenvalue weighted by Crippen LogP contribution is 2.25. The molecule has 0 fully saturated rings. The van der Waals surface area contributed by atoms with Crippen LogP contribution in [0.15, 0.2) is 55.1 Å². The number of aliphatic hydroxyl groups excluding tert-OH is 1. The topological polar surface area (TPSA) is 50.7 Å². The number of allylic oxidation sites excluding steroid dienone is 1. The lowest BCUT2D eigenvalue weighted by molar-refractivity contribution is 0.117. The van der Waals surface area contributed by atoms with Gasteiger partial charge in [-0.25, -0.2) is 0 Å². The standard InChI is InChI=1S/C20H25NO3/c1-4-7-16-8-5-6-9-19(16)24-14-17(22)13-21-18-12-15(2)10-11-20(18)23-3/h4-6,8-12,17,21-22H,1,7,13-14H2,2-3H3. The van der Waals surface area contributed by atoms with Crippen LogP contribution in [0.4, 0.5) is 5.69 Å². The lowest BCUT2D eigenvalue weighted by atomic mass is 10.1. The van der Waals surface area contributed by atoms with Gasteiger partial charge in [-0.3, -0.25) is 0 Å². The second kappa shape index (κ2) is 8.99. The molecule has 2 aromatic rings. The molecule has 0 amide bonds. The summed E-state index contributed by atoms with van der Waals surface area (Å²) in [7, 11) is 1.63. The first-order chi connectivity index (χ1) is 11.6. The number of para-hydroxylation sites is 1. The van der Waals surface area contributed by atoms with Crippen LogP contribution in [0.25, 0.3) is 0 Å². The minimum absolute atomic E-state index is 0.218. The van der Waals surface area contributed by atoms with Crippen molar-refractivity contribution >= 4 is 5.69 Å². The van der Waals surface area contributed by atoms with Crippen molar-refractivity contribution in [3.05, 3.63) is 66.2 Å². The van der Waals surface area contributed by atoms with Gasteiger partial charge >= 0.3 is 0 Å². The smallest absolute Gasteiger partial charge is 0.141 e. The quantitative estimate of drug-likeness (QED) is 0.691. The summed E-state index contributed by atoms with van der Waals surface area (Å²) in [5, 5.41) is 13.4. The van der Waals surface area contributed by atoms with E-state index in [0.29, 0.717) is 6.54 Å². The van der Waals surface area contributed by atoms with E-state index in [2.05, 4.69) is 11.9 Å². The summed E-state index contributed by atoms with van der Waals surface area (Å²) in [6, 6.07) is 13.7. The van der Waals surface area contributed by atoms with Crippen LogP contribution in [0.3, 0.4) is 0 Å². The van der Waals surface area contributed by atoms with Crippen molar-refractivity contribution in [2.75, 3.05) is 25.6 Å². The van der Waals surface area contributed by atoms with Crippen LogP contribution in [0.5, 0.6) is 11.5 Å². The maximum absolute atomic E-state index is 10.2. The molecule has 128 valence electrons. The van der Waals surface area contributed by atoms with E-state index in [0.717, 1.165) is 34.7 Å². The van der Waals surface area contributed by atoms with Gasteiger partial charge in [0.15, 0.2) is 0 Å². The number of rotatable bonds is 9. The van der Waals surface area contributed by atoms with Crippen molar-refractivity contribution in [1.29, 1.82) is 0 Å². The predicted octanol–water partition coefficient (Wildman–Crippen LogP) is 3.58. The van der Waals surface area contributed by atoms with Gasteiger partial charge in [0.2, 0.25) is 0 Å². The fourth-order valence-electron chi connectivity index (χ4n) is 2.40. The van der Waals surface area contributed by atoms with Crippen LogP contribution in [-0.2, 0) is 6.42 Å². The summed E-state index contributed by atoms with van der Waals surface area (Å²) >= 11 is 0. The molecule has 0 aliphatic rings. The molecule has 0 aromatic heterocycles. The Bertz CT molecular complexity index is 670. The third-order valence-electron chi connectivity index (χ3n) is 3.65. The highest BCUT2D eigenvalue weighted by molar-refractivity contribution is 5.58. The lowest BCUT2D eigenvalue weighted by Crippen LogP contribution is -2.26. The molecule has 0 saturated carbocycles. The van der Waals surface area contributed by atoms with Gasteiger partial charge in [0.05, 0.1) is 12.8 Å². The molecule has 0 radical (unpaired) electrons. The van der Waals surface area contributed by atoms with E-state index >= 15 is 0 Å². The number of methoxy groups -OCH3 is 1. The van der Waals surface area contributed by atoms with Crippen LogP contribution in [0.2, 0.25) is 0 Å². The Hall–Kier alpha value is -2.46. The Morgan fingerprint density at radius 2 is 2.00 bits per heavy atom. The molecule has 4 nitrogen and oxygen atoms in total. The van der Waals surface area contributed by atoms with Crippen molar-refractivity contribution in [1.82, 2.24) is 0 Å². The third kappa shape index (κ3) is 5.03. The van der Waals surface area contributed by atoms with Gasteiger partial charge in [-0.2, -0.15) is 0 Å². The zero-order chi connectivity index (χ0) is 17.4. The number of nitrogens with one attached hydrogen (secondary N) is 1. The number of hydrogen-bond donors (Lipinski definition) is 2. The number of ether oxygens (including phenoxy) is 2. The Kier molecular flexibility index (Phi) is 6.70. The lowest BCUT2D eigenvalue weighted by Gasteiger charge is -2.17. The molecule has 24 heavy (non-hydrogen) atoms. The monoisotopic (exact) mass is 327 g/mol. The largest absolute Gasteiger partial charge is 0.495 e. The summed E-state index contributed by atoms with van der Waals surface area (Å²) in [5.41, 5.74) is 3.05. The fraction of sp³-hybridized carbons (Fsp3) is 0.300. The molecule has 0 spiro atoms. The zero-order valence-electron chi connectivity index (χ0n) is 14.3. The second-order valence-corrected chi connectivity index (χ2v) is 5.65. The SMILES string of the molecule is C=CCc1ccccc1OCC(O)CNc1cc(C)ccc1OC. The van der Waals surface area contributed by atoms with Crippen LogP contribution in [0.1, 0.15) is 11.1 Å². The molecule has 4 heteroatoms. The Morgan fingerprint density at radius 3 is 2.75 bits per heavy atom. The fourth-order valence-corrected chi connectivity index (χ4v) is 2.40.